The van der Waals surface area contributed by atoms with Gasteiger partial charge in [0.2, 0.25) is 5.91 Å². The molecule has 4 heteroatoms. The first kappa shape index (κ1) is 14.5. The monoisotopic (exact) mass is 250 g/mol. The van der Waals surface area contributed by atoms with Crippen LogP contribution in [0.3, 0.4) is 0 Å². The van der Waals surface area contributed by atoms with Gasteiger partial charge in [-0.15, -0.1) is 0 Å². The number of amides is 1. The van der Waals surface area contributed by atoms with Crippen molar-refractivity contribution in [1.29, 1.82) is 0 Å². The molecule has 1 rings (SSSR count). The molecule has 1 unspecified atom stereocenters. The van der Waals surface area contributed by atoms with Crippen LogP contribution < -0.4 is 10.5 Å². The summed E-state index contributed by atoms with van der Waals surface area (Å²) in [6.45, 7) is 2.50. The zero-order valence-electron chi connectivity index (χ0n) is 11.3. The Morgan fingerprint density at radius 2 is 2.22 bits per heavy atom. The highest BCUT2D eigenvalue weighted by Gasteiger charge is 2.10. The van der Waals surface area contributed by atoms with Gasteiger partial charge in [0.15, 0.2) is 0 Å². The number of nitrogens with zero attached hydrogens (tertiary/aromatic N) is 1. The van der Waals surface area contributed by atoms with Crippen LogP contribution in [0.25, 0.3) is 0 Å². The normalized spacial score (nSPS) is 12.0. The van der Waals surface area contributed by atoms with Crippen LogP contribution in [0.5, 0.6) is 5.75 Å². The summed E-state index contributed by atoms with van der Waals surface area (Å²) in [5, 5.41) is 0. The van der Waals surface area contributed by atoms with Gasteiger partial charge >= 0.3 is 0 Å². The van der Waals surface area contributed by atoms with Crippen LogP contribution in [-0.4, -0.2) is 31.0 Å². The van der Waals surface area contributed by atoms with E-state index in [-0.39, 0.29) is 11.9 Å². The lowest BCUT2D eigenvalue weighted by atomic mass is 10.1. The van der Waals surface area contributed by atoms with Gasteiger partial charge < -0.3 is 15.4 Å². The summed E-state index contributed by atoms with van der Waals surface area (Å²) >= 11 is 0. The molecule has 0 aliphatic carbocycles. The number of hydrogen-bond donors (Lipinski definition) is 1. The molecule has 0 saturated carbocycles. The molecule has 2 N–H and O–H groups in total. The fourth-order valence-electron chi connectivity index (χ4n) is 1.67. The molecule has 100 valence electrons. The smallest absolute Gasteiger partial charge is 0.222 e. The van der Waals surface area contributed by atoms with Gasteiger partial charge in [0, 0.05) is 26.1 Å². The average Bonchev–Trinajstić information content (AvgIpc) is 2.36. The third-order valence-electron chi connectivity index (χ3n) is 2.79. The molecule has 0 aliphatic rings. The Morgan fingerprint density at radius 1 is 1.50 bits per heavy atom. The molecule has 0 aromatic heterocycles. The molecule has 0 bridgehead atoms. The van der Waals surface area contributed by atoms with Crippen molar-refractivity contribution in [3.63, 3.8) is 0 Å². The minimum atomic E-state index is 0.0687. The van der Waals surface area contributed by atoms with Gasteiger partial charge in [0.1, 0.15) is 5.75 Å². The first-order valence-corrected chi connectivity index (χ1v) is 6.15. The standard InChI is InChI=1S/C14H22N2O2/c1-11(15)7-8-14(17)16(2)10-12-5-4-6-13(9-12)18-3/h4-6,9,11H,7-8,10,15H2,1-3H3. The van der Waals surface area contributed by atoms with Gasteiger partial charge in [-0.3, -0.25) is 4.79 Å². The number of hydrogen-bond acceptors (Lipinski definition) is 3. The Labute approximate surface area is 109 Å². The third kappa shape index (κ3) is 4.75. The molecule has 1 amide bonds. The predicted molar refractivity (Wildman–Crippen MR) is 72.4 cm³/mol. The van der Waals surface area contributed by atoms with E-state index in [0.717, 1.165) is 17.7 Å². The number of benzene rings is 1. The van der Waals surface area contributed by atoms with Crippen LogP contribution in [0.2, 0.25) is 0 Å². The van der Waals surface area contributed by atoms with Crippen molar-refractivity contribution in [1.82, 2.24) is 4.90 Å². The summed E-state index contributed by atoms with van der Waals surface area (Å²) < 4.78 is 5.16. The summed E-state index contributed by atoms with van der Waals surface area (Å²) in [5.41, 5.74) is 6.71. The fraction of sp³-hybridized carbons (Fsp3) is 0.500. The van der Waals surface area contributed by atoms with Crippen molar-refractivity contribution in [3.05, 3.63) is 29.8 Å². The number of ether oxygens (including phenoxy) is 1. The van der Waals surface area contributed by atoms with E-state index in [0.29, 0.717) is 13.0 Å². The van der Waals surface area contributed by atoms with Crippen LogP contribution >= 0.6 is 0 Å². The number of rotatable bonds is 6. The summed E-state index contributed by atoms with van der Waals surface area (Å²) in [4.78, 5) is 13.6. The average molecular weight is 250 g/mol. The Bertz CT molecular complexity index is 391. The van der Waals surface area contributed by atoms with Crippen molar-refractivity contribution in [2.24, 2.45) is 5.73 Å². The molecule has 0 radical (unpaired) electrons. The number of nitrogens with two attached hydrogens (primary N) is 1. The first-order valence-electron chi connectivity index (χ1n) is 6.15. The van der Waals surface area contributed by atoms with Gasteiger partial charge in [-0.25, -0.2) is 0 Å². The highest BCUT2D eigenvalue weighted by molar-refractivity contribution is 5.75. The van der Waals surface area contributed by atoms with E-state index in [1.54, 1.807) is 12.0 Å². The fourth-order valence-corrected chi connectivity index (χ4v) is 1.67. The maximum absolute atomic E-state index is 11.8. The van der Waals surface area contributed by atoms with E-state index in [2.05, 4.69) is 0 Å². The van der Waals surface area contributed by atoms with E-state index < -0.39 is 0 Å². The van der Waals surface area contributed by atoms with Gasteiger partial charge in [-0.05, 0) is 31.0 Å². The molecule has 1 aromatic rings. The molecular formula is C14H22N2O2. The Kier molecular flexibility index (Phi) is 5.65. The maximum Gasteiger partial charge on any atom is 0.222 e. The number of methoxy groups -OCH3 is 1. The molecule has 4 nitrogen and oxygen atoms in total. The van der Waals surface area contributed by atoms with Gasteiger partial charge in [0.05, 0.1) is 7.11 Å². The van der Waals surface area contributed by atoms with E-state index in [1.807, 2.05) is 38.2 Å². The molecule has 18 heavy (non-hydrogen) atoms. The van der Waals surface area contributed by atoms with Crippen molar-refractivity contribution >= 4 is 5.91 Å². The van der Waals surface area contributed by atoms with Gasteiger partial charge in [0.25, 0.3) is 0 Å². The molecule has 0 aliphatic heterocycles. The molecule has 1 atom stereocenters. The van der Waals surface area contributed by atoms with Crippen LogP contribution in [-0.2, 0) is 11.3 Å². The van der Waals surface area contributed by atoms with E-state index in [4.69, 9.17) is 10.5 Å². The lowest BCUT2D eigenvalue weighted by Gasteiger charge is -2.18. The van der Waals surface area contributed by atoms with E-state index in [9.17, 15) is 4.79 Å². The van der Waals surface area contributed by atoms with Crippen LogP contribution in [0, 0.1) is 0 Å². The Balaban J connectivity index is 2.52. The van der Waals surface area contributed by atoms with E-state index >= 15 is 0 Å². The molecular weight excluding hydrogens is 228 g/mol. The zero-order valence-corrected chi connectivity index (χ0v) is 11.3. The number of carbonyl (C=O) groups is 1. The topological polar surface area (TPSA) is 55.6 Å². The van der Waals surface area contributed by atoms with Gasteiger partial charge in [-0.1, -0.05) is 12.1 Å². The first-order chi connectivity index (χ1) is 8.52. The van der Waals surface area contributed by atoms with Crippen molar-refractivity contribution in [2.45, 2.75) is 32.4 Å². The van der Waals surface area contributed by atoms with Crippen molar-refractivity contribution in [2.75, 3.05) is 14.2 Å². The lowest BCUT2D eigenvalue weighted by Crippen LogP contribution is -2.27. The molecule has 0 heterocycles. The van der Waals surface area contributed by atoms with Crippen LogP contribution in [0.4, 0.5) is 0 Å². The molecule has 0 spiro atoms. The van der Waals surface area contributed by atoms with Gasteiger partial charge in [-0.2, -0.15) is 0 Å². The summed E-state index contributed by atoms with van der Waals surface area (Å²) in [6, 6.07) is 7.81. The zero-order chi connectivity index (χ0) is 13.5. The minimum absolute atomic E-state index is 0.0687. The SMILES string of the molecule is COc1cccc(CN(C)C(=O)CCC(C)N)c1. The second-order valence-electron chi connectivity index (χ2n) is 4.62. The van der Waals surface area contributed by atoms with Crippen molar-refractivity contribution in [3.8, 4) is 5.75 Å². The second-order valence-corrected chi connectivity index (χ2v) is 4.62. The highest BCUT2D eigenvalue weighted by Crippen LogP contribution is 2.14. The molecule has 1 aromatic carbocycles. The van der Waals surface area contributed by atoms with Crippen LogP contribution in [0.1, 0.15) is 25.3 Å². The predicted octanol–water partition coefficient (Wildman–Crippen LogP) is 1.78. The third-order valence-corrected chi connectivity index (χ3v) is 2.79. The highest BCUT2D eigenvalue weighted by atomic mass is 16.5. The van der Waals surface area contributed by atoms with Crippen LogP contribution in [0.15, 0.2) is 24.3 Å². The Morgan fingerprint density at radius 3 is 2.83 bits per heavy atom. The van der Waals surface area contributed by atoms with Crippen molar-refractivity contribution < 1.29 is 9.53 Å². The molecule has 0 fully saturated rings. The summed E-state index contributed by atoms with van der Waals surface area (Å²) in [7, 11) is 3.44. The maximum atomic E-state index is 11.8. The Hall–Kier alpha value is -1.55. The van der Waals surface area contributed by atoms with E-state index in [1.165, 1.54) is 0 Å². The largest absolute Gasteiger partial charge is 0.497 e. The lowest BCUT2D eigenvalue weighted by molar-refractivity contribution is -0.130. The second kappa shape index (κ2) is 7.01. The minimum Gasteiger partial charge on any atom is -0.497 e. The molecule has 0 saturated heterocycles. The number of carbonyl (C=O) groups excluding carboxylic acids is 1. The quantitative estimate of drug-likeness (QED) is 0.837. The summed E-state index contributed by atoms with van der Waals surface area (Å²) in [5.74, 6) is 0.930. The summed E-state index contributed by atoms with van der Waals surface area (Å²) in [6.07, 6.45) is 1.22.